The maximum Gasteiger partial charge on any atom is 0.269 e. The predicted molar refractivity (Wildman–Crippen MR) is 92.7 cm³/mol. The molecule has 0 saturated carbocycles. The third-order valence-corrected chi connectivity index (χ3v) is 3.40. The number of amides is 1. The monoisotopic (exact) mass is 333 g/mol. The number of halogens is 1. The van der Waals surface area contributed by atoms with Gasteiger partial charge in [0.2, 0.25) is 0 Å². The molecular weight excluding hydrogens is 314 g/mol. The summed E-state index contributed by atoms with van der Waals surface area (Å²) in [6.07, 6.45) is 1.61. The van der Waals surface area contributed by atoms with E-state index < -0.39 is 0 Å². The second-order valence-electron chi connectivity index (χ2n) is 5.51. The van der Waals surface area contributed by atoms with Crippen molar-refractivity contribution in [2.75, 3.05) is 19.0 Å². The molecule has 1 aromatic carbocycles. The van der Waals surface area contributed by atoms with Gasteiger partial charge < -0.3 is 15.4 Å². The standard InChI is InChI=1S/C17H20ClN3O2/c1-11(2)9-20-17(22)15-6-4-13(10-19-15)21-12-5-7-16(23-3)14(18)8-12/h4-8,10-11,21H,9H2,1-3H3,(H,20,22). The van der Waals surface area contributed by atoms with E-state index in [4.69, 9.17) is 16.3 Å². The van der Waals surface area contributed by atoms with Gasteiger partial charge in [0.05, 0.1) is 24.0 Å². The van der Waals surface area contributed by atoms with E-state index in [0.29, 0.717) is 28.9 Å². The second-order valence-corrected chi connectivity index (χ2v) is 5.92. The predicted octanol–water partition coefficient (Wildman–Crippen LogP) is 3.87. The molecule has 0 spiro atoms. The summed E-state index contributed by atoms with van der Waals surface area (Å²) in [4.78, 5) is 16.1. The second kappa shape index (κ2) is 7.83. The van der Waals surface area contributed by atoms with E-state index in [1.807, 2.05) is 19.9 Å². The minimum Gasteiger partial charge on any atom is -0.495 e. The fourth-order valence-electron chi connectivity index (χ4n) is 1.90. The van der Waals surface area contributed by atoms with Crippen molar-refractivity contribution in [3.05, 3.63) is 47.2 Å². The number of rotatable bonds is 6. The molecule has 6 heteroatoms. The highest BCUT2D eigenvalue weighted by Crippen LogP contribution is 2.28. The number of carbonyl (C=O) groups is 1. The first-order valence-electron chi connectivity index (χ1n) is 7.34. The van der Waals surface area contributed by atoms with Gasteiger partial charge in [-0.15, -0.1) is 0 Å². The lowest BCUT2D eigenvalue weighted by Gasteiger charge is -2.10. The van der Waals surface area contributed by atoms with Crippen LogP contribution in [0.25, 0.3) is 0 Å². The summed E-state index contributed by atoms with van der Waals surface area (Å²) < 4.78 is 5.12. The molecule has 1 amide bonds. The summed E-state index contributed by atoms with van der Waals surface area (Å²) in [6, 6.07) is 8.89. The number of anilines is 2. The fourth-order valence-corrected chi connectivity index (χ4v) is 2.16. The molecule has 2 N–H and O–H groups in total. The maximum atomic E-state index is 11.9. The van der Waals surface area contributed by atoms with Gasteiger partial charge in [-0.25, -0.2) is 4.98 Å². The maximum absolute atomic E-state index is 11.9. The third kappa shape index (κ3) is 4.86. The highest BCUT2D eigenvalue weighted by atomic mass is 35.5. The molecule has 0 saturated heterocycles. The van der Waals surface area contributed by atoms with Crippen molar-refractivity contribution < 1.29 is 9.53 Å². The third-order valence-electron chi connectivity index (χ3n) is 3.11. The minimum absolute atomic E-state index is 0.169. The van der Waals surface area contributed by atoms with E-state index in [1.165, 1.54) is 0 Å². The lowest BCUT2D eigenvalue weighted by atomic mass is 10.2. The normalized spacial score (nSPS) is 10.5. The van der Waals surface area contributed by atoms with Crippen LogP contribution in [0.2, 0.25) is 5.02 Å². The molecule has 0 aliphatic rings. The number of hydrogen-bond donors (Lipinski definition) is 2. The summed E-state index contributed by atoms with van der Waals surface area (Å²) in [5, 5.41) is 6.54. The number of aromatic nitrogens is 1. The first kappa shape index (κ1) is 17.1. The Morgan fingerprint density at radius 3 is 2.57 bits per heavy atom. The first-order valence-corrected chi connectivity index (χ1v) is 7.72. The van der Waals surface area contributed by atoms with Crippen LogP contribution in [-0.4, -0.2) is 24.5 Å². The quantitative estimate of drug-likeness (QED) is 0.842. The van der Waals surface area contributed by atoms with Gasteiger partial charge in [0.25, 0.3) is 5.91 Å². The van der Waals surface area contributed by atoms with E-state index in [9.17, 15) is 4.79 Å². The Labute approximate surface area is 141 Å². The SMILES string of the molecule is COc1ccc(Nc2ccc(C(=O)NCC(C)C)nc2)cc1Cl. The van der Waals surface area contributed by atoms with Gasteiger partial charge in [-0.05, 0) is 36.2 Å². The van der Waals surface area contributed by atoms with Crippen LogP contribution in [0.1, 0.15) is 24.3 Å². The summed E-state index contributed by atoms with van der Waals surface area (Å²) in [5.41, 5.74) is 1.98. The Kier molecular flexibility index (Phi) is 5.82. The molecule has 0 bridgehead atoms. The lowest BCUT2D eigenvalue weighted by Crippen LogP contribution is -2.27. The molecule has 0 radical (unpaired) electrons. The van der Waals surface area contributed by atoms with Gasteiger partial charge in [-0.2, -0.15) is 0 Å². The highest BCUT2D eigenvalue weighted by Gasteiger charge is 2.08. The first-order chi connectivity index (χ1) is 11.0. The van der Waals surface area contributed by atoms with Gasteiger partial charge in [-0.3, -0.25) is 4.79 Å². The lowest BCUT2D eigenvalue weighted by molar-refractivity contribution is 0.0944. The molecule has 1 aromatic heterocycles. The van der Waals surface area contributed by atoms with Gasteiger partial charge in [0, 0.05) is 12.2 Å². The van der Waals surface area contributed by atoms with E-state index in [0.717, 1.165) is 11.4 Å². The summed E-state index contributed by atoms with van der Waals surface area (Å²) >= 11 is 6.09. The van der Waals surface area contributed by atoms with E-state index >= 15 is 0 Å². The molecular formula is C17H20ClN3O2. The Bertz CT molecular complexity index is 672. The number of benzene rings is 1. The van der Waals surface area contributed by atoms with Crippen LogP contribution < -0.4 is 15.4 Å². The summed E-state index contributed by atoms with van der Waals surface area (Å²) in [7, 11) is 1.57. The minimum atomic E-state index is -0.169. The smallest absolute Gasteiger partial charge is 0.269 e. The van der Waals surface area contributed by atoms with Gasteiger partial charge in [0.1, 0.15) is 11.4 Å². The van der Waals surface area contributed by atoms with Crippen molar-refractivity contribution >= 4 is 28.9 Å². The number of methoxy groups -OCH3 is 1. The van der Waals surface area contributed by atoms with Crippen LogP contribution in [0.3, 0.4) is 0 Å². The van der Waals surface area contributed by atoms with E-state index in [1.54, 1.807) is 37.6 Å². The highest BCUT2D eigenvalue weighted by molar-refractivity contribution is 6.32. The van der Waals surface area contributed by atoms with E-state index in [2.05, 4.69) is 15.6 Å². The Hall–Kier alpha value is -2.27. The van der Waals surface area contributed by atoms with Crippen molar-refractivity contribution in [3.63, 3.8) is 0 Å². The average Bonchev–Trinajstić information content (AvgIpc) is 2.53. The number of pyridine rings is 1. The van der Waals surface area contributed by atoms with Crippen molar-refractivity contribution in [3.8, 4) is 5.75 Å². The topological polar surface area (TPSA) is 63.2 Å². The summed E-state index contributed by atoms with van der Waals surface area (Å²) in [5.74, 6) is 0.852. The largest absolute Gasteiger partial charge is 0.495 e. The van der Waals surface area contributed by atoms with Crippen LogP contribution in [0.5, 0.6) is 5.75 Å². The zero-order valence-electron chi connectivity index (χ0n) is 13.4. The molecule has 1 heterocycles. The van der Waals surface area contributed by atoms with Gasteiger partial charge in [-0.1, -0.05) is 25.4 Å². The van der Waals surface area contributed by atoms with Crippen molar-refractivity contribution in [1.82, 2.24) is 10.3 Å². The van der Waals surface area contributed by atoms with Crippen LogP contribution >= 0.6 is 11.6 Å². The Morgan fingerprint density at radius 1 is 1.26 bits per heavy atom. The van der Waals surface area contributed by atoms with Gasteiger partial charge >= 0.3 is 0 Å². The number of nitrogens with zero attached hydrogens (tertiary/aromatic N) is 1. The van der Waals surface area contributed by atoms with Gasteiger partial charge in [0.15, 0.2) is 0 Å². The average molecular weight is 334 g/mol. The zero-order valence-corrected chi connectivity index (χ0v) is 14.1. The molecule has 0 aliphatic carbocycles. The number of nitrogens with one attached hydrogen (secondary N) is 2. The molecule has 0 atom stereocenters. The van der Waals surface area contributed by atoms with Crippen molar-refractivity contribution in [2.24, 2.45) is 5.92 Å². The number of hydrogen-bond acceptors (Lipinski definition) is 4. The van der Waals surface area contributed by atoms with Crippen molar-refractivity contribution in [2.45, 2.75) is 13.8 Å². The molecule has 5 nitrogen and oxygen atoms in total. The molecule has 122 valence electrons. The van der Waals surface area contributed by atoms with Crippen molar-refractivity contribution in [1.29, 1.82) is 0 Å². The van der Waals surface area contributed by atoms with Crippen LogP contribution in [-0.2, 0) is 0 Å². The molecule has 0 unspecified atom stereocenters. The number of ether oxygens (including phenoxy) is 1. The molecule has 2 rings (SSSR count). The molecule has 0 aliphatic heterocycles. The zero-order chi connectivity index (χ0) is 16.8. The van der Waals surface area contributed by atoms with Crippen LogP contribution in [0, 0.1) is 5.92 Å². The molecule has 0 fully saturated rings. The Balaban J connectivity index is 2.02. The Morgan fingerprint density at radius 2 is 2.00 bits per heavy atom. The fraction of sp³-hybridized carbons (Fsp3) is 0.294. The summed E-state index contributed by atoms with van der Waals surface area (Å²) in [6.45, 7) is 4.71. The number of carbonyl (C=O) groups excluding carboxylic acids is 1. The molecule has 2 aromatic rings. The van der Waals surface area contributed by atoms with E-state index in [-0.39, 0.29) is 5.91 Å². The van der Waals surface area contributed by atoms with Crippen LogP contribution in [0.4, 0.5) is 11.4 Å². The van der Waals surface area contributed by atoms with Crippen LogP contribution in [0.15, 0.2) is 36.5 Å². The molecule has 23 heavy (non-hydrogen) atoms.